The highest BCUT2D eigenvalue weighted by molar-refractivity contribution is 7.99. The molecule has 140 valence electrons. The maximum atomic E-state index is 10.2. The van der Waals surface area contributed by atoms with E-state index in [1.807, 2.05) is 19.2 Å². The molecule has 1 aromatic heterocycles. The molecule has 0 aliphatic carbocycles. The molecular formula is C19H26N4O2S. The van der Waals surface area contributed by atoms with Gasteiger partial charge in [-0.2, -0.15) is 0 Å². The second-order valence-corrected chi connectivity index (χ2v) is 7.56. The van der Waals surface area contributed by atoms with Crippen LogP contribution in [-0.2, 0) is 13.6 Å². The SMILES string of the molecule is C=CCSc1nnc([C@@H]2CCCN(Cc3cc(OC)ccc3O)C2)n1C. The number of rotatable bonds is 7. The fraction of sp³-hybridized carbons (Fsp3) is 0.474. The third-order valence-corrected chi connectivity index (χ3v) is 5.77. The molecule has 2 heterocycles. The third-order valence-electron chi connectivity index (χ3n) is 4.75. The Labute approximate surface area is 158 Å². The summed E-state index contributed by atoms with van der Waals surface area (Å²) in [6, 6.07) is 5.38. The van der Waals surface area contributed by atoms with Gasteiger partial charge in [0, 0.05) is 37.4 Å². The number of aromatic nitrogens is 3. The van der Waals surface area contributed by atoms with Crippen LogP contribution in [0.15, 0.2) is 36.0 Å². The molecule has 0 unspecified atom stereocenters. The van der Waals surface area contributed by atoms with Crippen molar-refractivity contribution in [3.05, 3.63) is 42.2 Å². The van der Waals surface area contributed by atoms with Crippen molar-refractivity contribution in [1.82, 2.24) is 19.7 Å². The molecule has 1 saturated heterocycles. The number of likely N-dealkylation sites (tertiary alicyclic amines) is 1. The molecule has 1 fully saturated rings. The first kappa shape index (κ1) is 18.8. The standard InChI is InChI=1S/C19H26N4O2S/c1-4-10-26-19-21-20-18(22(19)2)14-6-5-9-23(12-14)13-15-11-16(25-3)7-8-17(15)24/h4,7-8,11,14,24H,1,5-6,9-10,12-13H2,2-3H3/t14-/m1/s1. The topological polar surface area (TPSA) is 63.4 Å². The number of aromatic hydroxyl groups is 1. The van der Waals surface area contributed by atoms with Gasteiger partial charge >= 0.3 is 0 Å². The average molecular weight is 375 g/mol. The number of benzene rings is 1. The van der Waals surface area contributed by atoms with E-state index in [1.54, 1.807) is 31.0 Å². The van der Waals surface area contributed by atoms with Crippen molar-refractivity contribution in [3.63, 3.8) is 0 Å². The summed E-state index contributed by atoms with van der Waals surface area (Å²) in [4.78, 5) is 2.37. The summed E-state index contributed by atoms with van der Waals surface area (Å²) in [6.07, 6.45) is 4.10. The number of hydrogen-bond donors (Lipinski definition) is 1. The summed E-state index contributed by atoms with van der Waals surface area (Å²) in [6.45, 7) is 6.39. The van der Waals surface area contributed by atoms with Crippen molar-refractivity contribution in [2.45, 2.75) is 30.5 Å². The molecule has 26 heavy (non-hydrogen) atoms. The number of thioether (sulfide) groups is 1. The van der Waals surface area contributed by atoms with Crippen molar-refractivity contribution < 1.29 is 9.84 Å². The number of phenols is 1. The molecule has 0 radical (unpaired) electrons. The van der Waals surface area contributed by atoms with E-state index in [0.717, 1.165) is 54.0 Å². The molecule has 1 N–H and O–H groups in total. The van der Waals surface area contributed by atoms with Crippen molar-refractivity contribution in [3.8, 4) is 11.5 Å². The zero-order valence-corrected chi connectivity index (χ0v) is 16.2. The summed E-state index contributed by atoms with van der Waals surface area (Å²) < 4.78 is 7.38. The number of hydrogen-bond acceptors (Lipinski definition) is 6. The van der Waals surface area contributed by atoms with Crippen LogP contribution in [0.5, 0.6) is 11.5 Å². The van der Waals surface area contributed by atoms with Gasteiger partial charge in [-0.15, -0.1) is 16.8 Å². The van der Waals surface area contributed by atoms with Crippen LogP contribution in [0.25, 0.3) is 0 Å². The summed E-state index contributed by atoms with van der Waals surface area (Å²) in [5.74, 6) is 3.30. The zero-order valence-electron chi connectivity index (χ0n) is 15.4. The quantitative estimate of drug-likeness (QED) is 0.593. The van der Waals surface area contributed by atoms with E-state index in [1.165, 1.54) is 0 Å². The maximum absolute atomic E-state index is 10.2. The van der Waals surface area contributed by atoms with Crippen LogP contribution in [0.3, 0.4) is 0 Å². The van der Waals surface area contributed by atoms with E-state index < -0.39 is 0 Å². The molecule has 0 spiro atoms. The zero-order chi connectivity index (χ0) is 18.5. The van der Waals surface area contributed by atoms with E-state index in [4.69, 9.17) is 4.74 Å². The van der Waals surface area contributed by atoms with Crippen molar-refractivity contribution in [2.75, 3.05) is 26.0 Å². The van der Waals surface area contributed by atoms with E-state index in [9.17, 15) is 5.11 Å². The van der Waals surface area contributed by atoms with Crippen LogP contribution in [-0.4, -0.2) is 50.7 Å². The maximum Gasteiger partial charge on any atom is 0.191 e. The fourth-order valence-corrected chi connectivity index (χ4v) is 4.06. The second kappa shape index (κ2) is 8.60. The Morgan fingerprint density at radius 1 is 1.42 bits per heavy atom. The largest absolute Gasteiger partial charge is 0.508 e. The molecular weight excluding hydrogens is 348 g/mol. The second-order valence-electron chi connectivity index (χ2n) is 6.57. The van der Waals surface area contributed by atoms with Crippen LogP contribution in [0.1, 0.15) is 30.1 Å². The molecule has 1 atom stereocenters. The van der Waals surface area contributed by atoms with E-state index in [0.29, 0.717) is 18.2 Å². The van der Waals surface area contributed by atoms with Gasteiger partial charge in [-0.1, -0.05) is 17.8 Å². The monoisotopic (exact) mass is 374 g/mol. The van der Waals surface area contributed by atoms with Gasteiger partial charge in [-0.3, -0.25) is 4.90 Å². The minimum Gasteiger partial charge on any atom is -0.508 e. The number of nitrogens with zero attached hydrogens (tertiary/aromatic N) is 4. The molecule has 0 bridgehead atoms. The Balaban J connectivity index is 1.70. The molecule has 0 amide bonds. The number of piperidine rings is 1. The highest BCUT2D eigenvalue weighted by Crippen LogP contribution is 2.30. The Morgan fingerprint density at radius 3 is 3.04 bits per heavy atom. The van der Waals surface area contributed by atoms with Gasteiger partial charge in [0.1, 0.15) is 17.3 Å². The molecule has 1 aromatic carbocycles. The van der Waals surface area contributed by atoms with Gasteiger partial charge in [0.05, 0.1) is 7.11 Å². The number of ether oxygens (including phenoxy) is 1. The first-order valence-electron chi connectivity index (χ1n) is 8.83. The predicted molar refractivity (Wildman–Crippen MR) is 104 cm³/mol. The van der Waals surface area contributed by atoms with Crippen LogP contribution in [0, 0.1) is 0 Å². The highest BCUT2D eigenvalue weighted by atomic mass is 32.2. The lowest BCUT2D eigenvalue weighted by atomic mass is 9.96. The summed E-state index contributed by atoms with van der Waals surface area (Å²) >= 11 is 1.65. The Morgan fingerprint density at radius 2 is 2.27 bits per heavy atom. The van der Waals surface area contributed by atoms with Crippen LogP contribution >= 0.6 is 11.8 Å². The molecule has 3 rings (SSSR count). The van der Waals surface area contributed by atoms with Crippen molar-refractivity contribution >= 4 is 11.8 Å². The lowest BCUT2D eigenvalue weighted by Crippen LogP contribution is -2.34. The minimum absolute atomic E-state index is 0.315. The molecule has 6 nitrogen and oxygen atoms in total. The molecule has 7 heteroatoms. The first-order valence-corrected chi connectivity index (χ1v) is 9.82. The van der Waals surface area contributed by atoms with Gasteiger partial charge in [-0.05, 0) is 37.6 Å². The summed E-state index contributed by atoms with van der Waals surface area (Å²) in [5, 5.41) is 19.9. The van der Waals surface area contributed by atoms with Gasteiger partial charge in [0.15, 0.2) is 5.16 Å². The van der Waals surface area contributed by atoms with E-state index in [2.05, 4.69) is 26.2 Å². The third kappa shape index (κ3) is 4.22. The smallest absolute Gasteiger partial charge is 0.191 e. The summed E-state index contributed by atoms with van der Waals surface area (Å²) in [7, 11) is 3.68. The lowest BCUT2D eigenvalue weighted by molar-refractivity contribution is 0.193. The van der Waals surface area contributed by atoms with Crippen LogP contribution < -0.4 is 4.74 Å². The Bertz CT molecular complexity index is 762. The molecule has 1 aliphatic rings. The fourth-order valence-electron chi connectivity index (χ4n) is 3.41. The molecule has 1 aliphatic heterocycles. The lowest BCUT2D eigenvalue weighted by Gasteiger charge is -2.32. The number of methoxy groups -OCH3 is 1. The highest BCUT2D eigenvalue weighted by Gasteiger charge is 2.26. The van der Waals surface area contributed by atoms with E-state index in [-0.39, 0.29) is 0 Å². The average Bonchev–Trinajstić information content (AvgIpc) is 3.02. The Kier molecular flexibility index (Phi) is 6.21. The van der Waals surface area contributed by atoms with Gasteiger partial charge in [-0.25, -0.2) is 0 Å². The summed E-state index contributed by atoms with van der Waals surface area (Å²) in [5.41, 5.74) is 0.894. The van der Waals surface area contributed by atoms with E-state index >= 15 is 0 Å². The normalized spacial score (nSPS) is 18.0. The van der Waals surface area contributed by atoms with Gasteiger partial charge in [0.25, 0.3) is 0 Å². The van der Waals surface area contributed by atoms with Crippen LogP contribution in [0.2, 0.25) is 0 Å². The van der Waals surface area contributed by atoms with Gasteiger partial charge in [0.2, 0.25) is 0 Å². The van der Waals surface area contributed by atoms with Crippen LogP contribution in [0.4, 0.5) is 0 Å². The predicted octanol–water partition coefficient (Wildman–Crippen LogP) is 3.19. The van der Waals surface area contributed by atoms with Gasteiger partial charge < -0.3 is 14.4 Å². The number of phenolic OH excluding ortho intramolecular Hbond substituents is 1. The molecule has 2 aromatic rings. The van der Waals surface area contributed by atoms with Crippen molar-refractivity contribution in [2.24, 2.45) is 7.05 Å². The minimum atomic E-state index is 0.315. The Hall–Kier alpha value is -1.99. The first-order chi connectivity index (χ1) is 12.6. The molecule has 0 saturated carbocycles. The van der Waals surface area contributed by atoms with Crippen molar-refractivity contribution in [1.29, 1.82) is 0 Å².